The molecular formula is C17H15ClN2O3. The van der Waals surface area contributed by atoms with Gasteiger partial charge in [0.25, 0.3) is 0 Å². The predicted octanol–water partition coefficient (Wildman–Crippen LogP) is 3.98. The van der Waals surface area contributed by atoms with Crippen molar-refractivity contribution in [1.29, 1.82) is 0 Å². The van der Waals surface area contributed by atoms with Crippen LogP contribution in [0.15, 0.2) is 36.4 Å². The van der Waals surface area contributed by atoms with Gasteiger partial charge in [0, 0.05) is 22.4 Å². The van der Waals surface area contributed by atoms with E-state index in [2.05, 4.69) is 10.2 Å². The van der Waals surface area contributed by atoms with Gasteiger partial charge in [-0.15, -0.1) is 10.2 Å². The van der Waals surface area contributed by atoms with E-state index in [0.717, 1.165) is 16.3 Å². The quantitative estimate of drug-likeness (QED) is 0.724. The first-order chi connectivity index (χ1) is 11.2. The standard InChI is InChI=1S/C17H15ClN2O3/c1-21-11-4-5-14-15(9-11)17(18)20-19-16(14)10-6-12(22-2)8-13(7-10)23-3/h4-9H,1-3H3. The third-order valence-electron chi connectivity index (χ3n) is 3.57. The van der Waals surface area contributed by atoms with Crippen molar-refractivity contribution in [3.8, 4) is 28.5 Å². The van der Waals surface area contributed by atoms with Crippen molar-refractivity contribution in [2.45, 2.75) is 0 Å². The second-order valence-corrected chi connectivity index (χ2v) is 5.21. The van der Waals surface area contributed by atoms with E-state index in [0.29, 0.717) is 28.1 Å². The molecule has 0 fully saturated rings. The van der Waals surface area contributed by atoms with Crippen LogP contribution in [0.25, 0.3) is 22.0 Å². The minimum Gasteiger partial charge on any atom is -0.497 e. The van der Waals surface area contributed by atoms with Crippen LogP contribution in [0.3, 0.4) is 0 Å². The lowest BCUT2D eigenvalue weighted by Crippen LogP contribution is -1.94. The van der Waals surface area contributed by atoms with Crippen LogP contribution in [0.1, 0.15) is 0 Å². The minimum absolute atomic E-state index is 0.331. The molecule has 2 aromatic carbocycles. The molecule has 0 amide bonds. The van der Waals surface area contributed by atoms with Gasteiger partial charge in [0.1, 0.15) is 22.9 Å². The van der Waals surface area contributed by atoms with E-state index in [4.69, 9.17) is 25.8 Å². The first kappa shape index (κ1) is 15.4. The predicted molar refractivity (Wildman–Crippen MR) is 89.6 cm³/mol. The molecule has 3 aromatic rings. The maximum Gasteiger partial charge on any atom is 0.159 e. The minimum atomic E-state index is 0.331. The number of rotatable bonds is 4. The summed E-state index contributed by atoms with van der Waals surface area (Å²) in [6.07, 6.45) is 0. The van der Waals surface area contributed by atoms with E-state index < -0.39 is 0 Å². The lowest BCUT2D eigenvalue weighted by molar-refractivity contribution is 0.394. The summed E-state index contributed by atoms with van der Waals surface area (Å²) in [5.74, 6) is 2.07. The molecule has 0 aliphatic carbocycles. The second kappa shape index (κ2) is 6.30. The molecule has 0 saturated carbocycles. The molecule has 6 heteroatoms. The number of hydrogen-bond acceptors (Lipinski definition) is 5. The van der Waals surface area contributed by atoms with E-state index in [-0.39, 0.29) is 0 Å². The molecule has 0 unspecified atom stereocenters. The van der Waals surface area contributed by atoms with Crippen LogP contribution in [-0.4, -0.2) is 31.5 Å². The van der Waals surface area contributed by atoms with Gasteiger partial charge in [-0.2, -0.15) is 0 Å². The van der Waals surface area contributed by atoms with Crippen LogP contribution >= 0.6 is 11.6 Å². The molecule has 3 rings (SSSR count). The number of hydrogen-bond donors (Lipinski definition) is 0. The number of benzene rings is 2. The fraction of sp³-hybridized carbons (Fsp3) is 0.176. The average Bonchev–Trinajstić information content (AvgIpc) is 2.61. The Hall–Kier alpha value is -2.53. The molecule has 0 spiro atoms. The van der Waals surface area contributed by atoms with Gasteiger partial charge in [-0.3, -0.25) is 0 Å². The van der Waals surface area contributed by atoms with Crippen molar-refractivity contribution in [2.24, 2.45) is 0 Å². The highest BCUT2D eigenvalue weighted by molar-refractivity contribution is 6.34. The van der Waals surface area contributed by atoms with E-state index in [9.17, 15) is 0 Å². The number of aromatic nitrogens is 2. The molecular weight excluding hydrogens is 316 g/mol. The largest absolute Gasteiger partial charge is 0.497 e. The molecule has 5 nitrogen and oxygen atoms in total. The lowest BCUT2D eigenvalue weighted by Gasteiger charge is -2.11. The first-order valence-electron chi connectivity index (χ1n) is 6.89. The summed E-state index contributed by atoms with van der Waals surface area (Å²) in [6, 6.07) is 11.2. The van der Waals surface area contributed by atoms with Crippen LogP contribution in [0.2, 0.25) is 5.15 Å². The summed E-state index contributed by atoms with van der Waals surface area (Å²) < 4.78 is 15.9. The van der Waals surface area contributed by atoms with Gasteiger partial charge in [-0.1, -0.05) is 11.6 Å². The highest BCUT2D eigenvalue weighted by Gasteiger charge is 2.13. The Morgan fingerprint density at radius 3 is 2.00 bits per heavy atom. The highest BCUT2D eigenvalue weighted by atomic mass is 35.5. The van der Waals surface area contributed by atoms with E-state index >= 15 is 0 Å². The van der Waals surface area contributed by atoms with Crippen LogP contribution in [-0.2, 0) is 0 Å². The summed E-state index contributed by atoms with van der Waals surface area (Å²) in [5, 5.41) is 10.3. The monoisotopic (exact) mass is 330 g/mol. The first-order valence-corrected chi connectivity index (χ1v) is 7.27. The van der Waals surface area contributed by atoms with Gasteiger partial charge in [-0.25, -0.2) is 0 Å². The van der Waals surface area contributed by atoms with Gasteiger partial charge in [-0.05, 0) is 30.3 Å². The Kier molecular flexibility index (Phi) is 4.21. The fourth-order valence-corrected chi connectivity index (χ4v) is 2.58. The summed E-state index contributed by atoms with van der Waals surface area (Å²) in [7, 11) is 4.82. The Morgan fingerprint density at radius 2 is 1.39 bits per heavy atom. The third kappa shape index (κ3) is 2.87. The van der Waals surface area contributed by atoms with Crippen LogP contribution in [0, 0.1) is 0 Å². The molecule has 118 valence electrons. The Balaban J connectivity index is 2.26. The average molecular weight is 331 g/mol. The maximum absolute atomic E-state index is 6.18. The molecule has 23 heavy (non-hydrogen) atoms. The molecule has 0 bridgehead atoms. The molecule has 0 N–H and O–H groups in total. The molecule has 1 aromatic heterocycles. The summed E-state index contributed by atoms with van der Waals surface area (Å²) >= 11 is 6.18. The van der Waals surface area contributed by atoms with Crippen molar-refractivity contribution in [1.82, 2.24) is 10.2 Å². The van der Waals surface area contributed by atoms with Crippen molar-refractivity contribution in [3.63, 3.8) is 0 Å². The van der Waals surface area contributed by atoms with E-state index in [1.165, 1.54) is 0 Å². The van der Waals surface area contributed by atoms with Gasteiger partial charge in [0.2, 0.25) is 0 Å². The van der Waals surface area contributed by atoms with Crippen molar-refractivity contribution in [2.75, 3.05) is 21.3 Å². The number of fused-ring (bicyclic) bond motifs is 1. The van der Waals surface area contributed by atoms with Crippen LogP contribution in [0.4, 0.5) is 0 Å². The van der Waals surface area contributed by atoms with E-state index in [1.807, 2.05) is 30.3 Å². The Labute approximate surface area is 138 Å². The zero-order chi connectivity index (χ0) is 16.4. The Bertz CT molecular complexity index is 846. The lowest BCUT2D eigenvalue weighted by atomic mass is 10.0. The molecule has 0 saturated heterocycles. The SMILES string of the molecule is COc1cc(OC)cc(-c2nnc(Cl)c3cc(OC)ccc23)c1. The van der Waals surface area contributed by atoms with Crippen molar-refractivity contribution in [3.05, 3.63) is 41.6 Å². The van der Waals surface area contributed by atoms with Crippen molar-refractivity contribution >= 4 is 22.4 Å². The van der Waals surface area contributed by atoms with Crippen LogP contribution in [0.5, 0.6) is 17.2 Å². The summed E-state index contributed by atoms with van der Waals surface area (Å²) in [5.41, 5.74) is 1.53. The summed E-state index contributed by atoms with van der Waals surface area (Å²) in [4.78, 5) is 0. The normalized spacial score (nSPS) is 10.6. The van der Waals surface area contributed by atoms with Crippen LogP contribution < -0.4 is 14.2 Å². The fourth-order valence-electron chi connectivity index (χ4n) is 2.39. The molecule has 1 heterocycles. The zero-order valence-electron chi connectivity index (χ0n) is 13.0. The smallest absolute Gasteiger partial charge is 0.159 e. The number of nitrogens with zero attached hydrogens (tertiary/aromatic N) is 2. The van der Waals surface area contributed by atoms with Gasteiger partial charge >= 0.3 is 0 Å². The number of ether oxygens (including phenoxy) is 3. The van der Waals surface area contributed by atoms with Gasteiger partial charge in [0.05, 0.1) is 21.3 Å². The van der Waals surface area contributed by atoms with Gasteiger partial charge < -0.3 is 14.2 Å². The topological polar surface area (TPSA) is 53.5 Å². The number of methoxy groups -OCH3 is 3. The molecule has 0 radical (unpaired) electrons. The Morgan fingerprint density at radius 1 is 0.739 bits per heavy atom. The van der Waals surface area contributed by atoms with E-state index in [1.54, 1.807) is 27.4 Å². The van der Waals surface area contributed by atoms with Crippen molar-refractivity contribution < 1.29 is 14.2 Å². The zero-order valence-corrected chi connectivity index (χ0v) is 13.7. The maximum atomic E-state index is 6.18. The molecule has 0 aliphatic rings. The third-order valence-corrected chi connectivity index (χ3v) is 3.85. The molecule has 0 aliphatic heterocycles. The highest BCUT2D eigenvalue weighted by Crippen LogP contribution is 2.35. The number of halogens is 1. The molecule has 0 atom stereocenters. The second-order valence-electron chi connectivity index (χ2n) is 4.85. The summed E-state index contributed by atoms with van der Waals surface area (Å²) in [6.45, 7) is 0. The van der Waals surface area contributed by atoms with Gasteiger partial charge in [0.15, 0.2) is 5.15 Å².